The lowest BCUT2D eigenvalue weighted by atomic mass is 9.95. The molecular formula is C41H50FN7O4. The second-order valence-corrected chi connectivity index (χ2v) is 15.5. The van der Waals surface area contributed by atoms with E-state index in [1.165, 1.54) is 0 Å². The molecule has 0 aliphatic carbocycles. The first-order chi connectivity index (χ1) is 25.7. The number of piperazine rings is 1. The van der Waals surface area contributed by atoms with Crippen molar-refractivity contribution >= 4 is 27.5 Å². The fourth-order valence-electron chi connectivity index (χ4n) is 8.19. The lowest BCUT2D eigenvalue weighted by Gasteiger charge is -2.34. The number of halogens is 1. The number of nitrogens with one attached hydrogen (secondary N) is 1. The molecule has 3 aliphatic heterocycles. The van der Waals surface area contributed by atoms with E-state index in [1.54, 1.807) is 18.3 Å². The minimum atomic E-state index is -0.549. The summed E-state index contributed by atoms with van der Waals surface area (Å²) in [5, 5.41) is 20.7. The van der Waals surface area contributed by atoms with Crippen molar-refractivity contribution in [2.75, 3.05) is 50.8 Å². The van der Waals surface area contributed by atoms with Gasteiger partial charge in [0.15, 0.2) is 5.82 Å². The van der Waals surface area contributed by atoms with E-state index in [4.69, 9.17) is 19.0 Å². The number of phenols is 1. The van der Waals surface area contributed by atoms with Gasteiger partial charge in [0, 0.05) is 55.5 Å². The van der Waals surface area contributed by atoms with Crippen LogP contribution in [0.1, 0.15) is 70.6 Å². The van der Waals surface area contributed by atoms with Crippen molar-refractivity contribution in [2.45, 2.75) is 77.8 Å². The summed E-state index contributed by atoms with van der Waals surface area (Å²) < 4.78 is 34.6. The van der Waals surface area contributed by atoms with Gasteiger partial charge < -0.3 is 29.3 Å². The van der Waals surface area contributed by atoms with Crippen molar-refractivity contribution in [1.82, 2.24) is 30.3 Å². The summed E-state index contributed by atoms with van der Waals surface area (Å²) in [6.07, 6.45) is 6.68. The number of anilines is 1. The molecule has 6 heterocycles. The summed E-state index contributed by atoms with van der Waals surface area (Å²) in [4.78, 5) is 18.9. The number of phenolic OH excluding ortho intramolecular Hbond substituents is 1. The predicted octanol–water partition coefficient (Wildman–Crippen LogP) is 7.11. The van der Waals surface area contributed by atoms with Gasteiger partial charge in [-0.1, -0.05) is 45.9 Å². The molecule has 53 heavy (non-hydrogen) atoms. The minimum absolute atomic E-state index is 0.0580. The SMILES string of the molecule is CCc1cccc2cc(O)cc(-c3ncc4c(N5CC6CCC(C5)N6)nc(OCCN5CCC(COc6cc(C(C)C(C)C)on6)CC5)nc4c3F)c12. The largest absolute Gasteiger partial charge is 0.508 e. The maximum Gasteiger partial charge on any atom is 0.319 e. The molecular weight excluding hydrogens is 673 g/mol. The molecule has 3 atom stereocenters. The predicted molar refractivity (Wildman–Crippen MR) is 203 cm³/mol. The van der Waals surface area contributed by atoms with Crippen LogP contribution in [0.5, 0.6) is 17.6 Å². The summed E-state index contributed by atoms with van der Waals surface area (Å²) in [7, 11) is 0. The lowest BCUT2D eigenvalue weighted by molar-refractivity contribution is 0.121. The number of likely N-dealkylation sites (tertiary alicyclic amines) is 1. The van der Waals surface area contributed by atoms with E-state index >= 15 is 4.39 Å². The number of aromatic nitrogens is 4. The van der Waals surface area contributed by atoms with E-state index in [9.17, 15) is 5.11 Å². The molecule has 3 fully saturated rings. The number of aromatic hydroxyl groups is 1. The number of nitrogens with zero attached hydrogens (tertiary/aromatic N) is 6. The molecule has 3 aliphatic rings. The molecule has 11 nitrogen and oxygen atoms in total. The van der Waals surface area contributed by atoms with Crippen molar-refractivity contribution in [3.05, 3.63) is 59.7 Å². The van der Waals surface area contributed by atoms with Gasteiger partial charge in [-0.25, -0.2) is 4.39 Å². The minimum Gasteiger partial charge on any atom is -0.508 e. The van der Waals surface area contributed by atoms with Gasteiger partial charge in [-0.15, -0.1) is 0 Å². The highest BCUT2D eigenvalue weighted by atomic mass is 19.1. The first-order valence-electron chi connectivity index (χ1n) is 19.3. The Labute approximate surface area is 309 Å². The van der Waals surface area contributed by atoms with Crippen molar-refractivity contribution in [3.8, 4) is 28.9 Å². The maximum atomic E-state index is 16.9. The van der Waals surface area contributed by atoms with Crippen LogP contribution in [0.2, 0.25) is 0 Å². The Hall–Kier alpha value is -4.55. The summed E-state index contributed by atoms with van der Waals surface area (Å²) >= 11 is 0. The number of rotatable bonds is 12. The van der Waals surface area contributed by atoms with Crippen LogP contribution in [0, 0.1) is 17.7 Å². The van der Waals surface area contributed by atoms with Crippen LogP contribution in [0.4, 0.5) is 10.2 Å². The number of ether oxygens (including phenoxy) is 2. The van der Waals surface area contributed by atoms with Crippen LogP contribution in [0.3, 0.4) is 0 Å². The first-order valence-corrected chi connectivity index (χ1v) is 19.3. The molecule has 2 N–H and O–H groups in total. The van der Waals surface area contributed by atoms with Crippen LogP contribution < -0.4 is 19.7 Å². The van der Waals surface area contributed by atoms with Crippen LogP contribution in [0.25, 0.3) is 32.9 Å². The van der Waals surface area contributed by atoms with Crippen molar-refractivity contribution in [3.63, 3.8) is 0 Å². The summed E-state index contributed by atoms with van der Waals surface area (Å²) in [6.45, 7) is 13.7. The van der Waals surface area contributed by atoms with Gasteiger partial charge in [0.05, 0.1) is 12.0 Å². The van der Waals surface area contributed by atoms with Gasteiger partial charge in [-0.3, -0.25) is 9.88 Å². The Morgan fingerprint density at radius 3 is 2.57 bits per heavy atom. The molecule has 0 radical (unpaired) electrons. The molecule has 2 bridgehead atoms. The highest BCUT2D eigenvalue weighted by Crippen LogP contribution is 2.39. The quantitative estimate of drug-likeness (QED) is 0.137. The third kappa shape index (κ3) is 7.35. The Balaban J connectivity index is 0.990. The summed E-state index contributed by atoms with van der Waals surface area (Å²) in [5.41, 5.74) is 1.92. The normalized spacial score (nSPS) is 20.2. The third-order valence-electron chi connectivity index (χ3n) is 11.6. The highest BCUT2D eigenvalue weighted by Gasteiger charge is 2.34. The zero-order valence-electron chi connectivity index (χ0n) is 31.1. The topological polar surface area (TPSA) is 122 Å². The zero-order valence-corrected chi connectivity index (χ0v) is 31.1. The monoisotopic (exact) mass is 723 g/mol. The van der Waals surface area contributed by atoms with E-state index in [2.05, 4.69) is 57.9 Å². The fraction of sp³-hybridized carbons (Fsp3) is 0.512. The van der Waals surface area contributed by atoms with Gasteiger partial charge in [0.25, 0.3) is 5.88 Å². The van der Waals surface area contributed by atoms with Gasteiger partial charge >= 0.3 is 6.01 Å². The number of fused-ring (bicyclic) bond motifs is 4. The lowest BCUT2D eigenvalue weighted by Crippen LogP contribution is -2.51. The van der Waals surface area contributed by atoms with E-state index < -0.39 is 5.82 Å². The second kappa shape index (κ2) is 15.1. The Kier molecular flexibility index (Phi) is 10.1. The van der Waals surface area contributed by atoms with Gasteiger partial charge in [-0.2, -0.15) is 9.97 Å². The molecule has 12 heteroatoms. The second-order valence-electron chi connectivity index (χ2n) is 15.5. The molecule has 0 saturated carbocycles. The van der Waals surface area contributed by atoms with Gasteiger partial charge in [0.1, 0.15) is 35.1 Å². The van der Waals surface area contributed by atoms with Crippen molar-refractivity contribution in [1.29, 1.82) is 0 Å². The Morgan fingerprint density at radius 1 is 1.02 bits per heavy atom. The average molecular weight is 724 g/mol. The molecule has 3 aromatic heterocycles. The van der Waals surface area contributed by atoms with Gasteiger partial charge in [-0.05, 0) is 90.7 Å². The molecule has 2 aromatic carbocycles. The number of pyridine rings is 1. The first kappa shape index (κ1) is 35.5. The number of benzene rings is 2. The molecule has 3 unspecified atom stereocenters. The zero-order chi connectivity index (χ0) is 36.6. The maximum absolute atomic E-state index is 16.9. The van der Waals surface area contributed by atoms with E-state index in [0.717, 1.165) is 80.4 Å². The van der Waals surface area contributed by atoms with Gasteiger partial charge in [0.2, 0.25) is 0 Å². The molecule has 3 saturated heterocycles. The molecule has 280 valence electrons. The van der Waals surface area contributed by atoms with Crippen LogP contribution in [-0.4, -0.2) is 88.1 Å². The third-order valence-corrected chi connectivity index (χ3v) is 11.6. The average Bonchev–Trinajstić information content (AvgIpc) is 3.78. The van der Waals surface area contributed by atoms with Crippen LogP contribution >= 0.6 is 0 Å². The number of hydrogen-bond acceptors (Lipinski definition) is 11. The highest BCUT2D eigenvalue weighted by molar-refractivity contribution is 6.01. The van der Waals surface area contributed by atoms with E-state index in [0.29, 0.717) is 72.2 Å². The van der Waals surface area contributed by atoms with E-state index in [-0.39, 0.29) is 23.0 Å². The van der Waals surface area contributed by atoms with Crippen LogP contribution in [-0.2, 0) is 6.42 Å². The number of piperidine rings is 1. The molecule has 0 amide bonds. The number of hydrogen-bond donors (Lipinski definition) is 2. The molecule has 0 spiro atoms. The fourth-order valence-corrected chi connectivity index (χ4v) is 8.19. The standard InChI is InChI=1S/C41H50FN7O4/c1-5-27-7-6-8-28-17-31(50)18-32(36(27)28)38-37(42)39-33(20-43-38)40(49-21-29-9-10-30(22-49)44-29)46-41(45-39)51-16-15-48-13-11-26(12-14-48)23-52-35-19-34(53-47-35)25(4)24(2)3/h6-8,17-20,24-26,29-30,44,50H,5,9-16,21-23H2,1-4H3. The van der Waals surface area contributed by atoms with E-state index in [1.807, 2.05) is 24.3 Å². The smallest absolute Gasteiger partial charge is 0.319 e. The van der Waals surface area contributed by atoms with Crippen molar-refractivity contribution < 1.29 is 23.5 Å². The number of aryl methyl sites for hydroxylation is 1. The van der Waals surface area contributed by atoms with Crippen molar-refractivity contribution in [2.24, 2.45) is 11.8 Å². The Bertz CT molecular complexity index is 2070. The summed E-state index contributed by atoms with van der Waals surface area (Å²) in [6, 6.07) is 12.0. The molecule has 8 rings (SSSR count). The Morgan fingerprint density at radius 2 is 1.81 bits per heavy atom. The molecule has 5 aromatic rings. The summed E-state index contributed by atoms with van der Waals surface area (Å²) in [5.74, 6) is 2.79. The van der Waals surface area contributed by atoms with Crippen LogP contribution in [0.15, 0.2) is 47.1 Å².